The van der Waals surface area contributed by atoms with E-state index in [9.17, 15) is 17.9 Å². The summed E-state index contributed by atoms with van der Waals surface area (Å²) in [7, 11) is -4.38. The van der Waals surface area contributed by atoms with E-state index in [4.69, 9.17) is 16.3 Å². The largest absolute Gasteiger partial charge is 0.874 e. The first-order valence-corrected chi connectivity index (χ1v) is 13.7. The molecule has 6 nitrogen and oxygen atoms in total. The molecule has 186 valence electrons. The molecule has 2 aromatic carbocycles. The molecule has 2 aliphatic heterocycles. The van der Waals surface area contributed by atoms with Gasteiger partial charge in [0.25, 0.3) is 10.0 Å². The van der Waals surface area contributed by atoms with Crippen molar-refractivity contribution in [3.63, 3.8) is 0 Å². The summed E-state index contributed by atoms with van der Waals surface area (Å²) < 4.78 is 49.0. The topological polar surface area (TPSA) is 82.0 Å². The first kappa shape index (κ1) is 25.8. The van der Waals surface area contributed by atoms with Crippen LogP contribution >= 0.6 is 23.4 Å². The minimum atomic E-state index is -4.38. The summed E-state index contributed by atoms with van der Waals surface area (Å²) in [5, 5.41) is 15.0. The second-order valence-electron chi connectivity index (χ2n) is 8.44. The standard InChI is InChI=1S/C25H26ClFN2O4S2/c1-15-12-16(2)24(29-7-9-33-10-8-29)17(3)19(15)14-22(30)25-21(6-11-34-25)28-35(31,32)23-5-4-18(26)13-20(23)27/h4-6,11-13,30H,7-10,14H2,1-3H3/p-1/b25-22-,28-21+. The monoisotopic (exact) mass is 535 g/mol. The van der Waals surface area contributed by atoms with Crippen LogP contribution in [0.15, 0.2) is 55.7 Å². The summed E-state index contributed by atoms with van der Waals surface area (Å²) >= 11 is 6.85. The van der Waals surface area contributed by atoms with Crippen molar-refractivity contribution in [1.29, 1.82) is 0 Å². The van der Waals surface area contributed by atoms with Gasteiger partial charge in [-0.3, -0.25) is 0 Å². The molecule has 1 fully saturated rings. The van der Waals surface area contributed by atoms with Gasteiger partial charge in [-0.05, 0) is 79.1 Å². The van der Waals surface area contributed by atoms with Gasteiger partial charge >= 0.3 is 0 Å². The number of allylic oxidation sites excluding steroid dienone is 3. The zero-order valence-corrected chi connectivity index (χ0v) is 22.0. The smallest absolute Gasteiger partial charge is 0.285 e. The minimum Gasteiger partial charge on any atom is -0.874 e. The average Bonchev–Trinajstić information content (AvgIpc) is 3.24. The number of ether oxygens (including phenoxy) is 1. The third-order valence-corrected chi connectivity index (χ3v) is 8.55. The van der Waals surface area contributed by atoms with Gasteiger partial charge in [-0.25, -0.2) is 4.39 Å². The van der Waals surface area contributed by atoms with Crippen LogP contribution in [0.3, 0.4) is 0 Å². The number of thioether (sulfide) groups is 1. The van der Waals surface area contributed by atoms with Gasteiger partial charge in [-0.1, -0.05) is 29.4 Å². The van der Waals surface area contributed by atoms with E-state index >= 15 is 0 Å². The molecular formula is C25H25ClFN2O4S2-. The number of morpholine rings is 1. The Balaban J connectivity index is 1.69. The van der Waals surface area contributed by atoms with Crippen LogP contribution in [0.1, 0.15) is 22.3 Å². The molecule has 0 saturated carbocycles. The molecule has 35 heavy (non-hydrogen) atoms. The lowest BCUT2D eigenvalue weighted by molar-refractivity contribution is -0.305. The molecule has 0 radical (unpaired) electrons. The molecule has 4 rings (SSSR count). The molecule has 2 heterocycles. The highest BCUT2D eigenvalue weighted by Gasteiger charge is 2.23. The number of sulfonamides is 1. The van der Waals surface area contributed by atoms with Crippen molar-refractivity contribution in [2.45, 2.75) is 32.1 Å². The number of nitrogens with zero attached hydrogens (tertiary/aromatic N) is 2. The third-order valence-electron chi connectivity index (χ3n) is 6.04. The van der Waals surface area contributed by atoms with E-state index in [0.717, 1.165) is 64.9 Å². The fourth-order valence-electron chi connectivity index (χ4n) is 4.45. The molecule has 0 spiro atoms. The summed E-state index contributed by atoms with van der Waals surface area (Å²) in [4.78, 5) is 1.91. The van der Waals surface area contributed by atoms with Gasteiger partial charge in [0, 0.05) is 28.7 Å². The molecule has 0 unspecified atom stereocenters. The van der Waals surface area contributed by atoms with Crippen molar-refractivity contribution in [3.8, 4) is 0 Å². The highest BCUT2D eigenvalue weighted by Crippen LogP contribution is 2.35. The number of rotatable bonds is 5. The maximum absolute atomic E-state index is 14.2. The summed E-state index contributed by atoms with van der Waals surface area (Å²) in [6, 6.07) is 5.34. The van der Waals surface area contributed by atoms with Gasteiger partial charge in [-0.2, -0.15) is 12.8 Å². The molecule has 0 amide bonds. The van der Waals surface area contributed by atoms with Gasteiger partial charge in [0.05, 0.1) is 18.9 Å². The van der Waals surface area contributed by atoms with Gasteiger partial charge in [-0.15, -0.1) is 5.76 Å². The lowest BCUT2D eigenvalue weighted by Crippen LogP contribution is -2.37. The van der Waals surface area contributed by atoms with E-state index in [1.165, 1.54) is 12.1 Å². The van der Waals surface area contributed by atoms with Gasteiger partial charge < -0.3 is 14.7 Å². The van der Waals surface area contributed by atoms with Crippen LogP contribution in [0.25, 0.3) is 0 Å². The summed E-state index contributed by atoms with van der Waals surface area (Å²) in [6.45, 7) is 8.93. The lowest BCUT2D eigenvalue weighted by atomic mass is 9.93. The van der Waals surface area contributed by atoms with Crippen molar-refractivity contribution in [2.24, 2.45) is 4.40 Å². The Labute approximate surface area is 214 Å². The Morgan fingerprint density at radius 3 is 2.60 bits per heavy atom. The Morgan fingerprint density at radius 1 is 1.20 bits per heavy atom. The van der Waals surface area contributed by atoms with Crippen LogP contribution < -0.4 is 10.0 Å². The first-order chi connectivity index (χ1) is 16.6. The molecule has 0 bridgehead atoms. The molecular weight excluding hydrogens is 511 g/mol. The summed E-state index contributed by atoms with van der Waals surface area (Å²) in [5.41, 5.74) is 5.19. The molecule has 2 aliphatic rings. The highest BCUT2D eigenvalue weighted by molar-refractivity contribution is 8.07. The quantitative estimate of drug-likeness (QED) is 0.526. The van der Waals surface area contributed by atoms with Crippen LogP contribution in [0.2, 0.25) is 5.02 Å². The Hall–Kier alpha value is -2.33. The normalized spacial score (nSPS) is 19.0. The predicted octanol–water partition coefficient (Wildman–Crippen LogP) is 4.45. The van der Waals surface area contributed by atoms with E-state index in [2.05, 4.69) is 22.3 Å². The Kier molecular flexibility index (Phi) is 7.61. The van der Waals surface area contributed by atoms with Crippen molar-refractivity contribution in [3.05, 3.63) is 79.5 Å². The fourth-order valence-corrected chi connectivity index (χ4v) is 6.49. The second kappa shape index (κ2) is 10.3. The van der Waals surface area contributed by atoms with Crippen LogP contribution in [-0.2, 0) is 21.2 Å². The molecule has 0 atom stereocenters. The van der Waals surface area contributed by atoms with Gasteiger partial charge in [0.15, 0.2) is 0 Å². The number of benzene rings is 2. The van der Waals surface area contributed by atoms with Crippen LogP contribution in [0.4, 0.5) is 10.1 Å². The fraction of sp³-hybridized carbons (Fsp3) is 0.320. The molecule has 0 N–H and O–H groups in total. The average molecular weight is 536 g/mol. The zero-order chi connectivity index (χ0) is 25.3. The SMILES string of the molecule is Cc1cc(C)c(N2CCOCC2)c(C)c1C/C([O-])=C1/SC=C/C1=N\S(=O)(=O)c1ccc(Cl)cc1F. The molecule has 10 heteroatoms. The van der Waals surface area contributed by atoms with Crippen molar-refractivity contribution < 1.29 is 22.7 Å². The maximum atomic E-state index is 14.2. The van der Waals surface area contributed by atoms with E-state index in [1.807, 2.05) is 13.8 Å². The second-order valence-corrected chi connectivity index (χ2v) is 11.4. The number of aryl methyl sites for hydroxylation is 2. The lowest BCUT2D eigenvalue weighted by Gasteiger charge is -2.33. The number of hydrogen-bond donors (Lipinski definition) is 0. The Morgan fingerprint density at radius 2 is 1.91 bits per heavy atom. The van der Waals surface area contributed by atoms with Gasteiger partial charge in [0.2, 0.25) is 0 Å². The van der Waals surface area contributed by atoms with Crippen molar-refractivity contribution >= 4 is 44.8 Å². The number of anilines is 1. The van der Waals surface area contributed by atoms with Gasteiger partial charge in [0.1, 0.15) is 10.7 Å². The zero-order valence-electron chi connectivity index (χ0n) is 19.6. The van der Waals surface area contributed by atoms with E-state index in [1.54, 1.807) is 5.41 Å². The summed E-state index contributed by atoms with van der Waals surface area (Å²) in [6.07, 6.45) is 1.56. The molecule has 1 saturated heterocycles. The van der Waals surface area contributed by atoms with E-state index < -0.39 is 20.7 Å². The van der Waals surface area contributed by atoms with Crippen molar-refractivity contribution in [1.82, 2.24) is 0 Å². The summed E-state index contributed by atoms with van der Waals surface area (Å²) in [5.74, 6) is -1.24. The Bertz CT molecular complexity index is 1360. The van der Waals surface area contributed by atoms with E-state index in [0.29, 0.717) is 13.2 Å². The third kappa shape index (κ3) is 5.43. The number of hydrogen-bond acceptors (Lipinski definition) is 6. The predicted molar refractivity (Wildman–Crippen MR) is 137 cm³/mol. The van der Waals surface area contributed by atoms with Crippen LogP contribution in [-0.4, -0.2) is 40.4 Å². The minimum absolute atomic E-state index is 0.00479. The van der Waals surface area contributed by atoms with Crippen LogP contribution in [0.5, 0.6) is 0 Å². The highest BCUT2D eigenvalue weighted by atomic mass is 35.5. The van der Waals surface area contributed by atoms with E-state index in [-0.39, 0.29) is 27.8 Å². The molecule has 0 aliphatic carbocycles. The number of halogens is 2. The first-order valence-electron chi connectivity index (χ1n) is 11.0. The molecule has 2 aromatic rings. The van der Waals surface area contributed by atoms with Crippen molar-refractivity contribution in [2.75, 3.05) is 31.2 Å². The maximum Gasteiger partial charge on any atom is 0.285 e. The molecule has 0 aromatic heterocycles. The van der Waals surface area contributed by atoms with Crippen LogP contribution in [0, 0.1) is 26.6 Å².